The van der Waals surface area contributed by atoms with Gasteiger partial charge in [-0.05, 0) is 101 Å². The lowest BCUT2D eigenvalue weighted by Gasteiger charge is -2.26. The van der Waals surface area contributed by atoms with E-state index in [9.17, 15) is 43.9 Å². The molecule has 0 spiro atoms. The van der Waals surface area contributed by atoms with Crippen LogP contribution in [0.5, 0.6) is 0 Å². The normalized spacial score (nSPS) is 11.5. The third kappa shape index (κ3) is 6.46. The van der Waals surface area contributed by atoms with Crippen LogP contribution in [-0.2, 0) is 0 Å². The third-order valence-electron chi connectivity index (χ3n) is 10.6. The van der Waals surface area contributed by atoms with Gasteiger partial charge < -0.3 is 9.47 Å². The van der Waals surface area contributed by atoms with Crippen molar-refractivity contribution in [1.82, 2.24) is 4.57 Å². The fraction of sp³-hybridized carbons (Fsp3) is 0.0204. The molecule has 0 aliphatic rings. The summed E-state index contributed by atoms with van der Waals surface area (Å²) in [7, 11) is 0. The van der Waals surface area contributed by atoms with Gasteiger partial charge >= 0.3 is 0 Å². The highest BCUT2D eigenvalue weighted by Crippen LogP contribution is 2.41. The molecular weight excluding hydrogens is 807 g/mol. The Kier molecular flexibility index (Phi) is 9.65. The van der Waals surface area contributed by atoms with Crippen molar-refractivity contribution in [1.29, 1.82) is 0 Å². The van der Waals surface area contributed by atoms with Crippen LogP contribution in [0.1, 0.15) is 5.56 Å². The van der Waals surface area contributed by atoms with Crippen LogP contribution in [0.15, 0.2) is 140 Å². The second kappa shape index (κ2) is 15.0. The average molecular weight is 833 g/mol. The fourth-order valence-corrected chi connectivity index (χ4v) is 7.69. The summed E-state index contributed by atoms with van der Waals surface area (Å²) in [5.41, 5.74) is 4.02. The Morgan fingerprint density at radius 3 is 1.21 bits per heavy atom. The van der Waals surface area contributed by atoms with Crippen molar-refractivity contribution in [2.24, 2.45) is 0 Å². The van der Waals surface area contributed by atoms with Gasteiger partial charge in [-0.25, -0.2) is 43.9 Å². The Balaban J connectivity index is 1.14. The molecule has 0 bridgehead atoms. The van der Waals surface area contributed by atoms with Crippen molar-refractivity contribution >= 4 is 38.9 Å². The minimum absolute atomic E-state index is 0.301. The number of fused-ring (bicyclic) bond motifs is 3. The predicted molar refractivity (Wildman–Crippen MR) is 216 cm³/mol. The van der Waals surface area contributed by atoms with Gasteiger partial charge in [0, 0.05) is 33.5 Å². The molecule has 0 amide bonds. The van der Waals surface area contributed by atoms with E-state index in [0.717, 1.165) is 68.4 Å². The predicted octanol–water partition coefficient (Wildman–Crippen LogP) is 15.0. The zero-order valence-electron chi connectivity index (χ0n) is 31.5. The standard InChI is InChI=1S/C49H26F10N2/c1-25-7-21-34-35-24-29(14-22-36(35)61(37(34)23-25)30-5-3-2-4-6-30)26-8-15-31(16-9-26)60(32-17-10-27(11-18-32)38-40(50)44(54)48(58)45(55)41(38)51)33-19-12-28(13-20-33)39-42(52)46(56)49(59)47(57)43(39)53/h2-24H,1H3. The number of hydrogen-bond donors (Lipinski definition) is 0. The second-order valence-electron chi connectivity index (χ2n) is 14.3. The smallest absolute Gasteiger partial charge is 0.200 e. The molecular formula is C49H26F10N2. The summed E-state index contributed by atoms with van der Waals surface area (Å²) in [6, 6.07) is 39.7. The van der Waals surface area contributed by atoms with E-state index in [1.807, 2.05) is 61.5 Å². The molecule has 0 aliphatic heterocycles. The third-order valence-corrected chi connectivity index (χ3v) is 10.6. The first-order valence-electron chi connectivity index (χ1n) is 18.6. The minimum Gasteiger partial charge on any atom is -0.311 e. The van der Waals surface area contributed by atoms with Crippen LogP contribution in [0.3, 0.4) is 0 Å². The molecule has 0 saturated carbocycles. The number of benzene rings is 8. The number of rotatable bonds is 7. The summed E-state index contributed by atoms with van der Waals surface area (Å²) in [5.74, 6) is -21.1. The van der Waals surface area contributed by atoms with E-state index in [0.29, 0.717) is 17.1 Å². The van der Waals surface area contributed by atoms with Gasteiger partial charge in [0.25, 0.3) is 0 Å². The average Bonchev–Trinajstić information content (AvgIpc) is 3.60. The van der Waals surface area contributed by atoms with E-state index in [1.54, 1.807) is 17.0 Å². The summed E-state index contributed by atoms with van der Waals surface area (Å²) in [4.78, 5) is 1.60. The van der Waals surface area contributed by atoms with E-state index < -0.39 is 69.3 Å². The minimum atomic E-state index is -2.30. The lowest BCUT2D eigenvalue weighted by atomic mass is 10.0. The molecule has 302 valence electrons. The molecule has 1 aromatic heterocycles. The molecule has 0 saturated heterocycles. The SMILES string of the molecule is Cc1ccc2c3cc(-c4ccc(N(c5ccc(-c6c(F)c(F)c(F)c(F)c6F)cc5)c5ccc(-c6c(F)c(F)c(F)c(F)c6F)cc5)cc4)ccc3n(-c3ccccc3)c2c1. The number of anilines is 3. The van der Waals surface area contributed by atoms with Gasteiger partial charge in [-0.1, -0.05) is 72.8 Å². The lowest BCUT2D eigenvalue weighted by Crippen LogP contribution is -2.10. The van der Waals surface area contributed by atoms with Crippen LogP contribution in [-0.4, -0.2) is 4.57 Å². The van der Waals surface area contributed by atoms with Crippen LogP contribution in [0, 0.1) is 65.1 Å². The van der Waals surface area contributed by atoms with Gasteiger partial charge in [0.15, 0.2) is 46.5 Å². The van der Waals surface area contributed by atoms with Crippen molar-refractivity contribution < 1.29 is 43.9 Å². The monoisotopic (exact) mass is 832 g/mol. The zero-order chi connectivity index (χ0) is 42.9. The maximum absolute atomic E-state index is 14.8. The maximum Gasteiger partial charge on any atom is 0.200 e. The Hall–Kier alpha value is -7.34. The van der Waals surface area contributed by atoms with Gasteiger partial charge in [0.2, 0.25) is 11.6 Å². The zero-order valence-corrected chi connectivity index (χ0v) is 31.5. The van der Waals surface area contributed by atoms with Crippen LogP contribution < -0.4 is 4.90 Å². The highest BCUT2D eigenvalue weighted by atomic mass is 19.2. The molecule has 0 unspecified atom stereocenters. The molecule has 0 aliphatic carbocycles. The Bertz CT molecular complexity index is 3010. The number of nitrogens with zero attached hydrogens (tertiary/aromatic N) is 2. The molecule has 61 heavy (non-hydrogen) atoms. The molecule has 1 heterocycles. The molecule has 9 aromatic rings. The van der Waals surface area contributed by atoms with Crippen molar-refractivity contribution in [3.05, 3.63) is 203 Å². The molecule has 8 aromatic carbocycles. The first kappa shape index (κ1) is 39.1. The van der Waals surface area contributed by atoms with Gasteiger partial charge in [-0.2, -0.15) is 0 Å². The van der Waals surface area contributed by atoms with Gasteiger partial charge in [0.05, 0.1) is 22.2 Å². The van der Waals surface area contributed by atoms with E-state index >= 15 is 0 Å². The summed E-state index contributed by atoms with van der Waals surface area (Å²) < 4.78 is 145. The van der Waals surface area contributed by atoms with Crippen LogP contribution >= 0.6 is 0 Å². The lowest BCUT2D eigenvalue weighted by molar-refractivity contribution is 0.381. The van der Waals surface area contributed by atoms with Crippen molar-refractivity contribution in [2.75, 3.05) is 4.90 Å². The molecule has 0 atom stereocenters. The van der Waals surface area contributed by atoms with Crippen molar-refractivity contribution in [3.8, 4) is 39.1 Å². The van der Waals surface area contributed by atoms with Crippen molar-refractivity contribution in [3.63, 3.8) is 0 Å². The number of aromatic nitrogens is 1. The highest BCUT2D eigenvalue weighted by Gasteiger charge is 2.28. The molecule has 12 heteroatoms. The van der Waals surface area contributed by atoms with Gasteiger partial charge in [-0.15, -0.1) is 0 Å². The van der Waals surface area contributed by atoms with E-state index in [-0.39, 0.29) is 11.1 Å². The van der Waals surface area contributed by atoms with Crippen LogP contribution in [0.2, 0.25) is 0 Å². The summed E-state index contributed by atoms with van der Waals surface area (Å²) >= 11 is 0. The highest BCUT2D eigenvalue weighted by molar-refractivity contribution is 6.10. The largest absolute Gasteiger partial charge is 0.311 e. The molecule has 0 N–H and O–H groups in total. The molecule has 0 fully saturated rings. The summed E-state index contributed by atoms with van der Waals surface area (Å²) in [5, 5.41) is 2.07. The van der Waals surface area contributed by atoms with Crippen molar-refractivity contribution in [2.45, 2.75) is 6.92 Å². The Labute approximate surface area is 340 Å². The second-order valence-corrected chi connectivity index (χ2v) is 14.3. The first-order valence-corrected chi connectivity index (χ1v) is 18.6. The van der Waals surface area contributed by atoms with E-state index in [4.69, 9.17) is 0 Å². The maximum atomic E-state index is 14.8. The molecule has 0 radical (unpaired) electrons. The first-order chi connectivity index (χ1) is 29.3. The Morgan fingerprint density at radius 1 is 0.344 bits per heavy atom. The number of halogens is 10. The van der Waals surface area contributed by atoms with Crippen LogP contribution in [0.25, 0.3) is 60.9 Å². The van der Waals surface area contributed by atoms with E-state index in [2.05, 4.69) is 28.8 Å². The van der Waals surface area contributed by atoms with Crippen LogP contribution in [0.4, 0.5) is 61.0 Å². The Morgan fingerprint density at radius 2 is 0.754 bits per heavy atom. The summed E-state index contributed by atoms with van der Waals surface area (Å²) in [6.07, 6.45) is 0. The topological polar surface area (TPSA) is 8.17 Å². The van der Waals surface area contributed by atoms with E-state index in [1.165, 1.54) is 24.3 Å². The fourth-order valence-electron chi connectivity index (χ4n) is 7.69. The quantitative estimate of drug-likeness (QED) is 0.0882. The number of para-hydroxylation sites is 1. The molecule has 2 nitrogen and oxygen atoms in total. The number of aryl methyl sites for hydroxylation is 1. The van der Waals surface area contributed by atoms with Gasteiger partial charge in [0.1, 0.15) is 0 Å². The molecule has 9 rings (SSSR count). The number of hydrogen-bond acceptors (Lipinski definition) is 1. The van der Waals surface area contributed by atoms with Gasteiger partial charge in [-0.3, -0.25) is 0 Å². The summed E-state index contributed by atoms with van der Waals surface area (Å²) in [6.45, 7) is 2.03.